The fraction of sp³-hybridized carbons (Fsp3) is 0.500. The molecule has 0 aliphatic heterocycles. The summed E-state index contributed by atoms with van der Waals surface area (Å²) in [5.41, 5.74) is 0.0124. The molecular weight excluding hydrogens is 504 g/mol. The first kappa shape index (κ1) is 29.3. The van der Waals surface area contributed by atoms with Gasteiger partial charge in [0.15, 0.2) is 6.10 Å². The van der Waals surface area contributed by atoms with E-state index in [0.717, 1.165) is 17.7 Å². The lowest BCUT2D eigenvalue weighted by molar-refractivity contribution is -0.163. The second-order valence-corrected chi connectivity index (χ2v) is 9.76. The standard InChI is InChI=1S/C26H31Cl2F3O4/c1-6-19(24(32)35-25(3,4)5)34-21-15-11-17(22(27)23(21)28)10-14-20(33-7-2)16-8-12-18(13-9-16)26(29,30)31/h8-9,11-13,15,19-20H,6-7,10,14H2,1-5H3. The van der Waals surface area contributed by atoms with Crippen molar-refractivity contribution in [2.24, 2.45) is 0 Å². The number of halogens is 5. The van der Waals surface area contributed by atoms with Gasteiger partial charge in [-0.3, -0.25) is 0 Å². The van der Waals surface area contributed by atoms with Crippen LogP contribution < -0.4 is 4.74 Å². The molecule has 4 nitrogen and oxygen atoms in total. The Balaban J connectivity index is 2.14. The van der Waals surface area contributed by atoms with Crippen LogP contribution in [0.4, 0.5) is 13.2 Å². The van der Waals surface area contributed by atoms with E-state index in [0.29, 0.717) is 31.4 Å². The Morgan fingerprint density at radius 3 is 2.11 bits per heavy atom. The van der Waals surface area contributed by atoms with Crippen molar-refractivity contribution in [3.8, 4) is 5.75 Å². The topological polar surface area (TPSA) is 44.8 Å². The molecule has 194 valence electrons. The third kappa shape index (κ3) is 8.58. The van der Waals surface area contributed by atoms with Gasteiger partial charge in [0, 0.05) is 6.61 Å². The number of hydrogen-bond acceptors (Lipinski definition) is 4. The Morgan fingerprint density at radius 1 is 0.971 bits per heavy atom. The van der Waals surface area contributed by atoms with Gasteiger partial charge in [-0.05, 0) is 76.3 Å². The molecule has 2 unspecified atom stereocenters. The zero-order valence-corrected chi connectivity index (χ0v) is 22.0. The Hall–Kier alpha value is -1.96. The van der Waals surface area contributed by atoms with Gasteiger partial charge in [0.25, 0.3) is 0 Å². The Labute approximate surface area is 214 Å². The molecule has 0 amide bonds. The van der Waals surface area contributed by atoms with Gasteiger partial charge in [0.2, 0.25) is 0 Å². The number of carbonyl (C=O) groups is 1. The molecule has 9 heteroatoms. The molecule has 0 heterocycles. The highest BCUT2D eigenvalue weighted by molar-refractivity contribution is 6.43. The highest BCUT2D eigenvalue weighted by Gasteiger charge is 2.30. The lowest BCUT2D eigenvalue weighted by Crippen LogP contribution is -2.35. The van der Waals surface area contributed by atoms with Crippen molar-refractivity contribution in [3.63, 3.8) is 0 Å². The maximum Gasteiger partial charge on any atom is 0.416 e. The largest absolute Gasteiger partial charge is 0.477 e. The first-order valence-electron chi connectivity index (χ1n) is 11.4. The van der Waals surface area contributed by atoms with Gasteiger partial charge in [-0.2, -0.15) is 13.2 Å². The predicted octanol–water partition coefficient (Wildman–Crippen LogP) is 8.22. The van der Waals surface area contributed by atoms with Crippen LogP contribution in [0.3, 0.4) is 0 Å². The van der Waals surface area contributed by atoms with E-state index in [1.807, 2.05) is 6.92 Å². The Kier molecular flexibility index (Phi) is 10.3. The minimum Gasteiger partial charge on any atom is -0.477 e. The zero-order chi connectivity index (χ0) is 26.4. The molecule has 0 spiro atoms. The van der Waals surface area contributed by atoms with Gasteiger partial charge in [-0.25, -0.2) is 4.79 Å². The van der Waals surface area contributed by atoms with E-state index < -0.39 is 35.5 Å². The fourth-order valence-electron chi connectivity index (χ4n) is 3.40. The maximum atomic E-state index is 12.9. The molecule has 0 aliphatic carbocycles. The van der Waals surface area contributed by atoms with Crippen LogP contribution in [0.15, 0.2) is 36.4 Å². The van der Waals surface area contributed by atoms with Crippen LogP contribution in [0.25, 0.3) is 0 Å². The summed E-state index contributed by atoms with van der Waals surface area (Å²) in [6, 6.07) is 8.34. The molecule has 35 heavy (non-hydrogen) atoms. The van der Waals surface area contributed by atoms with E-state index in [4.69, 9.17) is 37.4 Å². The molecule has 0 saturated carbocycles. The summed E-state index contributed by atoms with van der Waals surface area (Å²) in [5.74, 6) is -0.227. The summed E-state index contributed by atoms with van der Waals surface area (Å²) >= 11 is 12.9. The smallest absolute Gasteiger partial charge is 0.416 e. The number of alkyl halides is 3. The first-order valence-corrected chi connectivity index (χ1v) is 12.2. The van der Waals surface area contributed by atoms with Crippen molar-refractivity contribution in [1.29, 1.82) is 0 Å². The Bertz CT molecular complexity index is 986. The summed E-state index contributed by atoms with van der Waals surface area (Å²) in [6.07, 6.45) is -4.32. The molecule has 0 radical (unpaired) electrons. The molecular formula is C26H31Cl2F3O4. The number of benzene rings is 2. The van der Waals surface area contributed by atoms with Crippen LogP contribution in [0.1, 0.15) is 70.3 Å². The molecule has 0 N–H and O–H groups in total. The highest BCUT2D eigenvalue weighted by atomic mass is 35.5. The maximum absolute atomic E-state index is 12.9. The van der Waals surface area contributed by atoms with Gasteiger partial charge in [0.05, 0.1) is 16.7 Å². The van der Waals surface area contributed by atoms with Crippen molar-refractivity contribution >= 4 is 29.2 Å². The predicted molar refractivity (Wildman–Crippen MR) is 131 cm³/mol. The van der Waals surface area contributed by atoms with Crippen molar-refractivity contribution < 1.29 is 32.2 Å². The second-order valence-electron chi connectivity index (χ2n) is 9.00. The van der Waals surface area contributed by atoms with Crippen molar-refractivity contribution in [3.05, 3.63) is 63.1 Å². The second kappa shape index (κ2) is 12.3. The number of ether oxygens (including phenoxy) is 3. The molecule has 0 aromatic heterocycles. The number of carbonyl (C=O) groups excluding carboxylic acids is 1. The summed E-state index contributed by atoms with van der Waals surface area (Å²) in [5, 5.41) is 0.458. The Morgan fingerprint density at radius 2 is 1.60 bits per heavy atom. The van der Waals surface area contributed by atoms with Crippen LogP contribution >= 0.6 is 23.2 Å². The average molecular weight is 535 g/mol. The zero-order valence-electron chi connectivity index (χ0n) is 20.5. The van der Waals surface area contributed by atoms with Crippen LogP contribution in [-0.4, -0.2) is 24.3 Å². The van der Waals surface area contributed by atoms with Crippen LogP contribution in [0.5, 0.6) is 5.75 Å². The molecule has 2 aromatic rings. The lowest BCUT2D eigenvalue weighted by Gasteiger charge is -2.24. The summed E-state index contributed by atoms with van der Waals surface area (Å²) in [6.45, 7) is 9.34. The normalized spacial score (nSPS) is 13.9. The quantitative estimate of drug-likeness (QED) is 0.288. The van der Waals surface area contributed by atoms with Gasteiger partial charge in [-0.15, -0.1) is 0 Å². The molecule has 0 saturated heterocycles. The van der Waals surface area contributed by atoms with Crippen LogP contribution in [0, 0.1) is 0 Å². The van der Waals surface area contributed by atoms with Crippen molar-refractivity contribution in [2.45, 2.75) is 77.9 Å². The van der Waals surface area contributed by atoms with E-state index in [9.17, 15) is 18.0 Å². The third-order valence-corrected chi connectivity index (χ3v) is 5.99. The summed E-state index contributed by atoms with van der Waals surface area (Å²) in [4.78, 5) is 12.4. The van der Waals surface area contributed by atoms with E-state index >= 15 is 0 Å². The SMILES string of the molecule is CCOC(CCc1ccc(OC(CC)C(=O)OC(C)(C)C)c(Cl)c1Cl)c1ccc(C(F)(F)F)cc1. The molecule has 2 aromatic carbocycles. The number of rotatable bonds is 10. The van der Waals surface area contributed by atoms with E-state index in [1.54, 1.807) is 39.8 Å². The van der Waals surface area contributed by atoms with Gasteiger partial charge >= 0.3 is 12.1 Å². The van der Waals surface area contributed by atoms with Gasteiger partial charge < -0.3 is 14.2 Å². The molecule has 2 rings (SSSR count). The number of aryl methyl sites for hydroxylation is 1. The van der Waals surface area contributed by atoms with Crippen LogP contribution in [-0.2, 0) is 26.9 Å². The first-order chi connectivity index (χ1) is 16.3. The van der Waals surface area contributed by atoms with Gasteiger partial charge in [0.1, 0.15) is 16.4 Å². The van der Waals surface area contributed by atoms with Crippen molar-refractivity contribution in [2.75, 3.05) is 6.61 Å². The van der Waals surface area contributed by atoms with Crippen LogP contribution in [0.2, 0.25) is 10.0 Å². The minimum absolute atomic E-state index is 0.175. The average Bonchev–Trinajstić information content (AvgIpc) is 2.76. The number of hydrogen-bond donors (Lipinski definition) is 0. The number of esters is 1. The molecule has 0 fully saturated rings. The van der Waals surface area contributed by atoms with Crippen molar-refractivity contribution in [1.82, 2.24) is 0 Å². The van der Waals surface area contributed by atoms with E-state index in [-0.39, 0.29) is 15.8 Å². The minimum atomic E-state index is -4.39. The van der Waals surface area contributed by atoms with Gasteiger partial charge in [-0.1, -0.05) is 48.3 Å². The lowest BCUT2D eigenvalue weighted by atomic mass is 9.99. The van der Waals surface area contributed by atoms with E-state index in [1.165, 1.54) is 12.1 Å². The molecule has 0 bridgehead atoms. The summed E-state index contributed by atoms with van der Waals surface area (Å²) < 4.78 is 55.6. The monoisotopic (exact) mass is 534 g/mol. The third-order valence-electron chi connectivity index (χ3n) is 5.09. The highest BCUT2D eigenvalue weighted by Crippen LogP contribution is 2.37. The summed E-state index contributed by atoms with van der Waals surface area (Å²) in [7, 11) is 0. The van der Waals surface area contributed by atoms with E-state index in [2.05, 4.69) is 0 Å². The molecule has 2 atom stereocenters. The fourth-order valence-corrected chi connectivity index (χ4v) is 3.87. The molecule has 0 aliphatic rings.